The number of aromatic nitrogens is 2. The minimum absolute atomic E-state index is 0.318. The molecule has 162 valence electrons. The molecule has 1 aromatic heterocycles. The third-order valence-corrected chi connectivity index (χ3v) is 5.63. The average molecular weight is 434 g/mol. The van der Waals surface area contributed by atoms with E-state index in [0.717, 1.165) is 32.7 Å². The fraction of sp³-hybridized carbons (Fsp3) is 0.0370. The van der Waals surface area contributed by atoms with Crippen molar-refractivity contribution in [2.24, 2.45) is 0 Å². The molecular weight excluding hydrogens is 412 g/mol. The van der Waals surface area contributed by atoms with E-state index >= 15 is 0 Å². The van der Waals surface area contributed by atoms with Crippen molar-refractivity contribution in [3.05, 3.63) is 103 Å². The highest BCUT2D eigenvalue weighted by Crippen LogP contribution is 2.36. The highest BCUT2D eigenvalue weighted by Gasteiger charge is 2.17. The molecule has 5 rings (SSSR count). The molecule has 0 aliphatic heterocycles. The quantitative estimate of drug-likeness (QED) is 0.317. The van der Waals surface area contributed by atoms with Crippen molar-refractivity contribution in [1.82, 2.24) is 21.0 Å². The fourth-order valence-electron chi connectivity index (χ4n) is 4.01. The Kier molecular flexibility index (Phi) is 5.24. The van der Waals surface area contributed by atoms with Crippen LogP contribution in [0.2, 0.25) is 0 Å². The van der Waals surface area contributed by atoms with Crippen LogP contribution < -0.4 is 15.6 Å². The van der Waals surface area contributed by atoms with Crippen molar-refractivity contribution >= 4 is 33.1 Å². The third kappa shape index (κ3) is 3.78. The van der Waals surface area contributed by atoms with Gasteiger partial charge in [-0.3, -0.25) is 20.7 Å². The van der Waals surface area contributed by atoms with E-state index in [2.05, 4.69) is 27.6 Å². The van der Waals surface area contributed by atoms with Crippen LogP contribution in [0.5, 0.6) is 5.75 Å². The molecule has 0 bridgehead atoms. The molecule has 4 aromatic carbocycles. The van der Waals surface area contributed by atoms with E-state index in [-0.39, 0.29) is 5.91 Å². The Bertz CT molecular complexity index is 1500. The molecule has 3 N–H and O–H groups in total. The molecule has 0 aliphatic carbocycles. The lowest BCUT2D eigenvalue weighted by atomic mass is 10.0. The van der Waals surface area contributed by atoms with E-state index in [1.807, 2.05) is 78.9 Å². The molecule has 0 unspecified atom stereocenters. The monoisotopic (exact) mass is 434 g/mol. The van der Waals surface area contributed by atoms with E-state index in [1.54, 1.807) is 13.2 Å². The number of hydrazine groups is 1. The van der Waals surface area contributed by atoms with Gasteiger partial charge in [-0.05, 0) is 33.7 Å². The van der Waals surface area contributed by atoms with E-state index in [1.165, 1.54) is 0 Å². The molecule has 0 spiro atoms. The van der Waals surface area contributed by atoms with E-state index < -0.39 is 0 Å². The van der Waals surface area contributed by atoms with Gasteiger partial charge in [0.25, 0.3) is 5.91 Å². The van der Waals surface area contributed by atoms with Crippen LogP contribution in [0.1, 0.15) is 16.1 Å². The Morgan fingerprint density at radius 1 is 0.879 bits per heavy atom. The van der Waals surface area contributed by atoms with Gasteiger partial charge in [0.1, 0.15) is 11.4 Å². The summed E-state index contributed by atoms with van der Waals surface area (Å²) in [5, 5.41) is 11.4. The first-order chi connectivity index (χ1) is 16.2. The predicted molar refractivity (Wildman–Crippen MR) is 132 cm³/mol. The van der Waals surface area contributed by atoms with Crippen molar-refractivity contribution in [3.63, 3.8) is 0 Å². The fourth-order valence-corrected chi connectivity index (χ4v) is 4.01. The second kappa shape index (κ2) is 8.51. The van der Waals surface area contributed by atoms with Crippen molar-refractivity contribution < 1.29 is 9.53 Å². The Hall–Kier alpha value is -4.58. The number of amides is 1. The molecule has 0 saturated heterocycles. The molecule has 0 atom stereocenters. The Balaban J connectivity index is 1.37. The average Bonchev–Trinajstić information content (AvgIpc) is 3.36. The summed E-state index contributed by atoms with van der Waals surface area (Å²) >= 11 is 0. The van der Waals surface area contributed by atoms with Gasteiger partial charge in [0.2, 0.25) is 0 Å². The van der Waals surface area contributed by atoms with E-state index in [9.17, 15) is 4.79 Å². The summed E-state index contributed by atoms with van der Waals surface area (Å²) in [6.07, 6.45) is 0. The number of nitrogens with one attached hydrogen (secondary N) is 3. The number of methoxy groups -OCH3 is 1. The number of hydrogen-bond acceptors (Lipinski definition) is 4. The van der Waals surface area contributed by atoms with Gasteiger partial charge >= 0.3 is 0 Å². The zero-order valence-electron chi connectivity index (χ0n) is 18.1. The maximum atomic E-state index is 12.8. The van der Waals surface area contributed by atoms with Gasteiger partial charge in [0, 0.05) is 5.56 Å². The zero-order chi connectivity index (χ0) is 22.8. The number of carbonyl (C=O) groups excluding carboxylic acids is 1. The number of fused-ring (bicyclic) bond motifs is 2. The molecule has 6 heteroatoms. The predicted octanol–water partition coefficient (Wildman–Crippen LogP) is 5.30. The number of nitrogens with zero attached hydrogens (tertiary/aromatic N) is 1. The highest BCUT2D eigenvalue weighted by atomic mass is 16.5. The minimum atomic E-state index is -0.352. The number of benzene rings is 4. The van der Waals surface area contributed by atoms with Crippen LogP contribution in [0.4, 0.5) is 0 Å². The van der Waals surface area contributed by atoms with Crippen molar-refractivity contribution in [1.29, 1.82) is 0 Å². The molecule has 6 nitrogen and oxygen atoms in total. The summed E-state index contributed by atoms with van der Waals surface area (Å²) in [7, 11) is 1.62. The number of ether oxygens (including phenoxy) is 1. The Labute approximate surface area is 190 Å². The van der Waals surface area contributed by atoms with Gasteiger partial charge in [0.15, 0.2) is 0 Å². The van der Waals surface area contributed by atoms with Crippen molar-refractivity contribution in [2.45, 2.75) is 0 Å². The Morgan fingerprint density at radius 2 is 1.58 bits per heavy atom. The molecule has 1 heterocycles. The van der Waals surface area contributed by atoms with E-state index in [4.69, 9.17) is 4.74 Å². The number of H-pyrrole nitrogens is 1. The van der Waals surface area contributed by atoms with Crippen molar-refractivity contribution in [3.8, 4) is 17.0 Å². The molecular formula is C27H22N4O2. The number of aromatic amines is 1. The SMILES string of the molecule is C=C(NNC(=O)c1cc(-c2c(OC)ccc3ccccc23)n[nH]1)c1cccc2ccccc12. The van der Waals surface area contributed by atoms with Crippen LogP contribution in [0.15, 0.2) is 91.5 Å². The summed E-state index contributed by atoms with van der Waals surface area (Å²) < 4.78 is 5.56. The summed E-state index contributed by atoms with van der Waals surface area (Å²) in [6.45, 7) is 4.08. The van der Waals surface area contributed by atoms with Crippen LogP contribution in [-0.2, 0) is 0 Å². The number of carbonyl (C=O) groups is 1. The molecule has 1 amide bonds. The molecule has 33 heavy (non-hydrogen) atoms. The minimum Gasteiger partial charge on any atom is -0.496 e. The maximum Gasteiger partial charge on any atom is 0.287 e. The molecule has 5 aromatic rings. The normalized spacial score (nSPS) is 10.8. The first kappa shape index (κ1) is 20.3. The lowest BCUT2D eigenvalue weighted by Crippen LogP contribution is -2.36. The number of rotatable bonds is 6. The molecule has 0 saturated carbocycles. The van der Waals surface area contributed by atoms with Gasteiger partial charge in [0.05, 0.1) is 24.1 Å². The summed E-state index contributed by atoms with van der Waals surface area (Å²) in [5.74, 6) is 0.337. The van der Waals surface area contributed by atoms with Crippen LogP contribution in [0.3, 0.4) is 0 Å². The van der Waals surface area contributed by atoms with Crippen LogP contribution in [0.25, 0.3) is 38.5 Å². The summed E-state index contributed by atoms with van der Waals surface area (Å²) in [6, 6.07) is 27.6. The standard InChI is InChI=1S/C27H22N4O2/c1-17(20-13-7-10-18-8-3-5-11-21(18)20)28-31-27(32)24-16-23(29-30-24)26-22-12-6-4-9-19(22)14-15-25(26)33-2/h3-16,28H,1H2,2H3,(H,29,30)(H,31,32). The van der Waals surface area contributed by atoms with Gasteiger partial charge in [-0.15, -0.1) is 0 Å². The molecule has 0 fully saturated rings. The van der Waals surface area contributed by atoms with Crippen LogP contribution in [-0.4, -0.2) is 23.2 Å². The van der Waals surface area contributed by atoms with Crippen LogP contribution in [0, 0.1) is 0 Å². The lowest BCUT2D eigenvalue weighted by molar-refractivity contribution is 0.0937. The lowest BCUT2D eigenvalue weighted by Gasteiger charge is -2.13. The second-order valence-electron chi connectivity index (χ2n) is 7.62. The number of hydrogen-bond donors (Lipinski definition) is 3. The Morgan fingerprint density at radius 3 is 2.36 bits per heavy atom. The largest absolute Gasteiger partial charge is 0.496 e. The highest BCUT2D eigenvalue weighted by molar-refractivity contribution is 6.01. The van der Waals surface area contributed by atoms with Gasteiger partial charge in [-0.25, -0.2) is 0 Å². The summed E-state index contributed by atoms with van der Waals surface area (Å²) in [4.78, 5) is 12.8. The van der Waals surface area contributed by atoms with Gasteiger partial charge in [-0.2, -0.15) is 5.10 Å². The van der Waals surface area contributed by atoms with Gasteiger partial charge < -0.3 is 4.74 Å². The zero-order valence-corrected chi connectivity index (χ0v) is 18.1. The van der Waals surface area contributed by atoms with Crippen LogP contribution >= 0.6 is 0 Å². The third-order valence-electron chi connectivity index (χ3n) is 5.63. The molecule has 0 radical (unpaired) electrons. The van der Waals surface area contributed by atoms with Crippen molar-refractivity contribution in [2.75, 3.05) is 7.11 Å². The molecule has 0 aliphatic rings. The topological polar surface area (TPSA) is 79.0 Å². The first-order valence-corrected chi connectivity index (χ1v) is 10.5. The van der Waals surface area contributed by atoms with E-state index in [0.29, 0.717) is 22.8 Å². The first-order valence-electron chi connectivity index (χ1n) is 10.5. The summed E-state index contributed by atoms with van der Waals surface area (Å²) in [5.41, 5.74) is 8.91. The van der Waals surface area contributed by atoms with Gasteiger partial charge in [-0.1, -0.05) is 79.4 Å². The smallest absolute Gasteiger partial charge is 0.287 e. The second-order valence-corrected chi connectivity index (χ2v) is 7.62. The maximum absolute atomic E-state index is 12.8.